The van der Waals surface area contributed by atoms with Crippen molar-refractivity contribution in [1.82, 2.24) is 9.97 Å². The highest BCUT2D eigenvalue weighted by Crippen LogP contribution is 2.40. The van der Waals surface area contributed by atoms with E-state index in [4.69, 9.17) is 14.9 Å². The highest BCUT2D eigenvalue weighted by Gasteiger charge is 2.27. The van der Waals surface area contributed by atoms with Gasteiger partial charge in [-0.2, -0.15) is 0 Å². The molecule has 0 spiro atoms. The van der Waals surface area contributed by atoms with Crippen LogP contribution in [-0.2, 0) is 4.74 Å². The van der Waals surface area contributed by atoms with Gasteiger partial charge in [-0.3, -0.25) is 0 Å². The Kier molecular flexibility index (Phi) is 3.96. The first-order valence-corrected chi connectivity index (χ1v) is 9.09. The molecule has 2 atom stereocenters. The molecule has 28 heavy (non-hydrogen) atoms. The lowest BCUT2D eigenvalue weighted by atomic mass is 10.0. The predicted octanol–water partition coefficient (Wildman–Crippen LogP) is 3.35. The van der Waals surface area contributed by atoms with Gasteiger partial charge in [-0.25, -0.2) is 9.37 Å². The monoisotopic (exact) mass is 382 g/mol. The van der Waals surface area contributed by atoms with Gasteiger partial charge in [-0.1, -0.05) is 18.2 Å². The number of nitrogens with two attached hydrogens (primary N) is 1. The first-order chi connectivity index (χ1) is 13.6. The number of nitrogens with zero attached hydrogens (tertiary/aromatic N) is 1. The standard InChI is InChI=1S/C20H19FN4O3/c21-17-11-7-23-20(26)16(11)18(12-8-28-15-4-2-1-3-10(12)15)25-19(17)24-14-5-6-27-9-13(14)22/h1-4,7-8,13-14,23-24,26H,5-6,9,22H2/t13-,14+/m0/s1. The first kappa shape index (κ1) is 17.0. The van der Waals surface area contributed by atoms with Crippen molar-refractivity contribution < 1.29 is 18.7 Å². The van der Waals surface area contributed by atoms with Crippen LogP contribution in [0.3, 0.4) is 0 Å². The minimum absolute atomic E-state index is 0.0918. The van der Waals surface area contributed by atoms with E-state index in [0.29, 0.717) is 41.9 Å². The van der Waals surface area contributed by atoms with E-state index < -0.39 is 5.82 Å². The fourth-order valence-electron chi connectivity index (χ4n) is 3.74. The summed E-state index contributed by atoms with van der Waals surface area (Å²) in [7, 11) is 0. The molecule has 8 heteroatoms. The number of pyridine rings is 1. The second-order valence-corrected chi connectivity index (χ2v) is 6.97. The van der Waals surface area contributed by atoms with E-state index in [0.717, 1.165) is 5.39 Å². The van der Waals surface area contributed by atoms with Crippen LogP contribution >= 0.6 is 0 Å². The number of hydrogen-bond donors (Lipinski definition) is 4. The van der Waals surface area contributed by atoms with Gasteiger partial charge in [0.2, 0.25) is 0 Å². The SMILES string of the molecule is N[C@H]1COCC[C@H]1Nc1nc(-c2coc3ccccc23)c2c(O)[nH]cc2c1F. The summed E-state index contributed by atoms with van der Waals surface area (Å²) in [4.78, 5) is 7.21. The second-order valence-electron chi connectivity index (χ2n) is 6.97. The number of para-hydroxylation sites is 1. The van der Waals surface area contributed by atoms with Crippen molar-refractivity contribution >= 4 is 27.6 Å². The summed E-state index contributed by atoms with van der Waals surface area (Å²) in [6.45, 7) is 0.963. The van der Waals surface area contributed by atoms with E-state index in [9.17, 15) is 5.11 Å². The molecule has 3 aromatic heterocycles. The third kappa shape index (κ3) is 2.61. The zero-order valence-electron chi connectivity index (χ0n) is 14.9. The topological polar surface area (TPSA) is 109 Å². The minimum atomic E-state index is -0.540. The Bertz CT molecular complexity index is 1170. The predicted molar refractivity (Wildman–Crippen MR) is 104 cm³/mol. The molecule has 5 rings (SSSR count). The number of aromatic nitrogens is 2. The van der Waals surface area contributed by atoms with Gasteiger partial charge >= 0.3 is 0 Å². The fourth-order valence-corrected chi connectivity index (χ4v) is 3.74. The Morgan fingerprint density at radius 1 is 1.29 bits per heavy atom. The van der Waals surface area contributed by atoms with Gasteiger partial charge in [0, 0.05) is 41.2 Å². The summed E-state index contributed by atoms with van der Waals surface area (Å²) in [5, 5.41) is 14.8. The van der Waals surface area contributed by atoms with E-state index in [-0.39, 0.29) is 29.2 Å². The quantitative estimate of drug-likeness (QED) is 0.433. The summed E-state index contributed by atoms with van der Waals surface area (Å²) >= 11 is 0. The summed E-state index contributed by atoms with van der Waals surface area (Å²) < 4.78 is 26.1. The van der Waals surface area contributed by atoms with Crippen LogP contribution in [0.2, 0.25) is 0 Å². The van der Waals surface area contributed by atoms with Gasteiger partial charge in [-0.05, 0) is 12.5 Å². The van der Waals surface area contributed by atoms with Crippen LogP contribution in [0.25, 0.3) is 33.0 Å². The number of benzene rings is 1. The molecular weight excluding hydrogens is 363 g/mol. The maximum Gasteiger partial charge on any atom is 0.198 e. The molecule has 1 aliphatic rings. The number of H-pyrrole nitrogens is 1. The molecule has 7 nitrogen and oxygen atoms in total. The fraction of sp³-hybridized carbons (Fsp3) is 0.250. The van der Waals surface area contributed by atoms with Gasteiger partial charge in [0.05, 0.1) is 17.7 Å². The molecule has 1 aromatic carbocycles. The molecule has 5 N–H and O–H groups in total. The number of ether oxygens (including phenoxy) is 1. The average molecular weight is 382 g/mol. The van der Waals surface area contributed by atoms with Crippen molar-refractivity contribution in [3.05, 3.63) is 42.5 Å². The molecule has 0 radical (unpaired) electrons. The number of halogens is 1. The van der Waals surface area contributed by atoms with Gasteiger partial charge in [0.15, 0.2) is 17.5 Å². The molecule has 1 saturated heterocycles. The summed E-state index contributed by atoms with van der Waals surface area (Å²) in [5.74, 6) is -0.591. The van der Waals surface area contributed by atoms with Crippen LogP contribution in [-0.4, -0.2) is 40.4 Å². The number of fused-ring (bicyclic) bond motifs is 2. The zero-order valence-corrected chi connectivity index (χ0v) is 14.9. The number of nitrogens with one attached hydrogen (secondary N) is 2. The van der Waals surface area contributed by atoms with Crippen molar-refractivity contribution in [3.63, 3.8) is 0 Å². The Morgan fingerprint density at radius 3 is 3.00 bits per heavy atom. The number of aromatic hydroxyl groups is 1. The van der Waals surface area contributed by atoms with Crippen molar-refractivity contribution in [3.8, 4) is 17.1 Å². The molecule has 0 bridgehead atoms. The van der Waals surface area contributed by atoms with Crippen LogP contribution in [0.1, 0.15) is 6.42 Å². The van der Waals surface area contributed by atoms with Crippen LogP contribution in [0, 0.1) is 5.82 Å². The average Bonchev–Trinajstić information content (AvgIpc) is 3.30. The van der Waals surface area contributed by atoms with Crippen LogP contribution in [0.15, 0.2) is 41.1 Å². The number of aromatic amines is 1. The highest BCUT2D eigenvalue weighted by atomic mass is 19.1. The smallest absolute Gasteiger partial charge is 0.198 e. The van der Waals surface area contributed by atoms with Gasteiger partial charge in [0.1, 0.15) is 11.8 Å². The first-order valence-electron chi connectivity index (χ1n) is 9.09. The maximum absolute atomic E-state index is 15.1. The van der Waals surface area contributed by atoms with E-state index in [1.165, 1.54) is 6.20 Å². The largest absolute Gasteiger partial charge is 0.494 e. The molecule has 1 aliphatic heterocycles. The number of furan rings is 1. The lowest BCUT2D eigenvalue weighted by Crippen LogP contribution is -2.47. The summed E-state index contributed by atoms with van der Waals surface area (Å²) in [6, 6.07) is 7.08. The van der Waals surface area contributed by atoms with E-state index in [1.807, 2.05) is 24.3 Å². The molecule has 4 aromatic rings. The van der Waals surface area contributed by atoms with Crippen molar-refractivity contribution in [1.29, 1.82) is 0 Å². The molecular formula is C20H19FN4O3. The second kappa shape index (κ2) is 6.50. The maximum atomic E-state index is 15.1. The van der Waals surface area contributed by atoms with Gasteiger partial charge in [0.25, 0.3) is 0 Å². The number of rotatable bonds is 3. The van der Waals surface area contributed by atoms with Gasteiger partial charge in [-0.15, -0.1) is 0 Å². The highest BCUT2D eigenvalue weighted by molar-refractivity contribution is 6.06. The summed E-state index contributed by atoms with van der Waals surface area (Å²) in [6.07, 6.45) is 3.66. The van der Waals surface area contributed by atoms with Crippen molar-refractivity contribution in [2.75, 3.05) is 18.5 Å². The van der Waals surface area contributed by atoms with E-state index >= 15 is 4.39 Å². The lowest BCUT2D eigenvalue weighted by Gasteiger charge is -2.30. The van der Waals surface area contributed by atoms with Crippen molar-refractivity contribution in [2.24, 2.45) is 5.73 Å². The third-order valence-corrected chi connectivity index (χ3v) is 5.22. The molecule has 144 valence electrons. The molecule has 4 heterocycles. The zero-order chi connectivity index (χ0) is 19.3. The molecule has 0 unspecified atom stereocenters. The van der Waals surface area contributed by atoms with Crippen LogP contribution in [0.5, 0.6) is 5.88 Å². The number of hydrogen-bond acceptors (Lipinski definition) is 6. The molecule has 0 amide bonds. The lowest BCUT2D eigenvalue weighted by molar-refractivity contribution is 0.0751. The van der Waals surface area contributed by atoms with E-state index in [1.54, 1.807) is 6.26 Å². The third-order valence-electron chi connectivity index (χ3n) is 5.22. The Labute approximate surface area is 159 Å². The molecule has 1 fully saturated rings. The Morgan fingerprint density at radius 2 is 2.14 bits per heavy atom. The Hall–Kier alpha value is -3.10. The minimum Gasteiger partial charge on any atom is -0.494 e. The summed E-state index contributed by atoms with van der Waals surface area (Å²) in [5.41, 5.74) is 7.90. The van der Waals surface area contributed by atoms with Crippen LogP contribution < -0.4 is 11.1 Å². The van der Waals surface area contributed by atoms with Crippen molar-refractivity contribution in [2.45, 2.75) is 18.5 Å². The Balaban J connectivity index is 1.70. The normalized spacial score (nSPS) is 20.1. The molecule has 0 aliphatic carbocycles. The number of anilines is 1. The van der Waals surface area contributed by atoms with Crippen LogP contribution in [0.4, 0.5) is 10.2 Å². The molecule has 0 saturated carbocycles. The van der Waals surface area contributed by atoms with Gasteiger partial charge < -0.3 is 30.3 Å². The van der Waals surface area contributed by atoms with E-state index in [2.05, 4.69) is 15.3 Å².